The Hall–Kier alpha value is -3.13. The molecule has 30 heavy (non-hydrogen) atoms. The van der Waals surface area contributed by atoms with Crippen LogP contribution in [0, 0.1) is 6.92 Å². The zero-order valence-corrected chi connectivity index (χ0v) is 18.0. The van der Waals surface area contributed by atoms with E-state index in [2.05, 4.69) is 32.6 Å². The van der Waals surface area contributed by atoms with Crippen LogP contribution in [0.15, 0.2) is 52.3 Å². The number of oxazole rings is 1. The van der Waals surface area contributed by atoms with Gasteiger partial charge in [0.2, 0.25) is 5.89 Å². The van der Waals surface area contributed by atoms with Crippen molar-refractivity contribution in [3.63, 3.8) is 0 Å². The van der Waals surface area contributed by atoms with Crippen molar-refractivity contribution < 1.29 is 9.52 Å². The number of nitrogens with one attached hydrogen (secondary N) is 2. The van der Waals surface area contributed by atoms with Gasteiger partial charge in [0.15, 0.2) is 5.96 Å². The van der Waals surface area contributed by atoms with Gasteiger partial charge in [-0.1, -0.05) is 17.7 Å². The molecule has 0 saturated carbocycles. The molecule has 0 aliphatic carbocycles. The molecule has 0 aliphatic rings. The largest absolute Gasteiger partial charge is 0.444 e. The number of aliphatic imine (C=N–C) groups is 1. The molecule has 2 aromatic heterocycles. The summed E-state index contributed by atoms with van der Waals surface area (Å²) in [5.74, 6) is 1.27. The first-order chi connectivity index (χ1) is 14.4. The van der Waals surface area contributed by atoms with Gasteiger partial charge in [-0.15, -0.1) is 0 Å². The van der Waals surface area contributed by atoms with Gasteiger partial charge in [0, 0.05) is 43.9 Å². The number of guanidine groups is 1. The zero-order chi connectivity index (χ0) is 21.6. The second-order valence-electron chi connectivity index (χ2n) is 7.56. The van der Waals surface area contributed by atoms with E-state index >= 15 is 0 Å². The van der Waals surface area contributed by atoms with Crippen molar-refractivity contribution in [1.82, 2.24) is 25.4 Å². The Balaban J connectivity index is 1.56. The predicted molar refractivity (Wildman–Crippen MR) is 117 cm³/mol. The molecule has 8 heteroatoms. The second-order valence-corrected chi connectivity index (χ2v) is 7.56. The predicted octanol–water partition coefficient (Wildman–Crippen LogP) is 2.39. The number of hydrogen-bond acceptors (Lipinski definition) is 5. The van der Waals surface area contributed by atoms with Crippen molar-refractivity contribution in [2.75, 3.05) is 19.6 Å². The smallest absolute Gasteiger partial charge is 0.226 e. The maximum Gasteiger partial charge on any atom is 0.226 e. The summed E-state index contributed by atoms with van der Waals surface area (Å²) in [4.78, 5) is 9.09. The van der Waals surface area contributed by atoms with Crippen LogP contribution in [0.2, 0.25) is 0 Å². The minimum atomic E-state index is -1.09. The van der Waals surface area contributed by atoms with Gasteiger partial charge in [-0.05, 0) is 32.9 Å². The Morgan fingerprint density at radius 1 is 1.27 bits per heavy atom. The summed E-state index contributed by atoms with van der Waals surface area (Å²) < 4.78 is 7.28. The van der Waals surface area contributed by atoms with E-state index in [1.54, 1.807) is 30.3 Å². The minimum absolute atomic E-state index is 0.218. The van der Waals surface area contributed by atoms with Gasteiger partial charge in [0.1, 0.15) is 11.9 Å². The average molecular weight is 411 g/mol. The zero-order valence-electron chi connectivity index (χ0n) is 18.0. The minimum Gasteiger partial charge on any atom is -0.444 e. The van der Waals surface area contributed by atoms with Crippen LogP contribution < -0.4 is 10.6 Å². The summed E-state index contributed by atoms with van der Waals surface area (Å²) >= 11 is 0. The fourth-order valence-corrected chi connectivity index (χ4v) is 2.92. The third-order valence-electron chi connectivity index (χ3n) is 4.74. The molecule has 160 valence electrons. The van der Waals surface area contributed by atoms with Gasteiger partial charge in [0.25, 0.3) is 0 Å². The van der Waals surface area contributed by atoms with Crippen LogP contribution in [-0.4, -0.2) is 45.5 Å². The van der Waals surface area contributed by atoms with E-state index in [9.17, 15) is 5.11 Å². The first-order valence-electron chi connectivity index (χ1n) is 10.1. The lowest BCUT2D eigenvalue weighted by molar-refractivity contribution is 0.0672. The lowest BCUT2D eigenvalue weighted by Crippen LogP contribution is -2.39. The van der Waals surface area contributed by atoms with Gasteiger partial charge in [-0.2, -0.15) is 5.10 Å². The van der Waals surface area contributed by atoms with E-state index in [1.165, 1.54) is 5.56 Å². The number of hydrogen-bond donors (Lipinski definition) is 3. The Labute approximate surface area is 177 Å². The van der Waals surface area contributed by atoms with Gasteiger partial charge in [0.05, 0.1) is 18.4 Å². The fourth-order valence-electron chi connectivity index (χ4n) is 2.92. The molecule has 0 aliphatic heterocycles. The maximum absolute atomic E-state index is 10.7. The Kier molecular flexibility index (Phi) is 6.89. The third-order valence-corrected chi connectivity index (χ3v) is 4.74. The van der Waals surface area contributed by atoms with Gasteiger partial charge < -0.3 is 20.2 Å². The van der Waals surface area contributed by atoms with Crippen LogP contribution in [0.1, 0.15) is 30.7 Å². The van der Waals surface area contributed by atoms with Crippen molar-refractivity contribution in [3.8, 4) is 11.5 Å². The summed E-state index contributed by atoms with van der Waals surface area (Å²) in [7, 11) is 1.82. The lowest BCUT2D eigenvalue weighted by Gasteiger charge is -2.20. The van der Waals surface area contributed by atoms with Crippen LogP contribution in [-0.2, 0) is 19.1 Å². The molecule has 3 N–H and O–H groups in total. The fraction of sp³-hybridized carbons (Fsp3) is 0.409. The molecule has 0 amide bonds. The summed E-state index contributed by atoms with van der Waals surface area (Å²) in [6, 6.07) is 8.10. The number of aliphatic hydroxyl groups is 1. The number of rotatable bonds is 8. The van der Waals surface area contributed by atoms with E-state index in [0.29, 0.717) is 24.8 Å². The molecule has 8 nitrogen and oxygen atoms in total. The highest BCUT2D eigenvalue weighted by Crippen LogP contribution is 2.20. The summed E-state index contributed by atoms with van der Waals surface area (Å²) in [5, 5.41) is 21.3. The van der Waals surface area contributed by atoms with Crippen LogP contribution in [0.5, 0.6) is 0 Å². The van der Waals surface area contributed by atoms with Crippen molar-refractivity contribution >= 4 is 5.96 Å². The number of nitrogens with zero attached hydrogens (tertiary/aromatic N) is 4. The molecule has 1 atom stereocenters. The molecule has 0 fully saturated rings. The van der Waals surface area contributed by atoms with Crippen molar-refractivity contribution in [2.24, 2.45) is 12.0 Å². The Morgan fingerprint density at radius 2 is 2.03 bits per heavy atom. The molecular formula is C22H30N6O2. The quantitative estimate of drug-likeness (QED) is 0.389. The lowest BCUT2D eigenvalue weighted by atomic mass is 10.0. The molecule has 3 rings (SSSR count). The van der Waals surface area contributed by atoms with Crippen LogP contribution >= 0.6 is 0 Å². The topological polar surface area (TPSA) is 100 Å². The SMILES string of the molecule is CCNC(=NCC(C)(O)c1cnn(C)c1)NCCc1coc(-c2ccc(C)cc2)n1. The number of benzene rings is 1. The van der Waals surface area contributed by atoms with Gasteiger partial charge >= 0.3 is 0 Å². The first-order valence-corrected chi connectivity index (χ1v) is 10.1. The van der Waals surface area contributed by atoms with Crippen LogP contribution in [0.3, 0.4) is 0 Å². The van der Waals surface area contributed by atoms with Crippen molar-refractivity contribution in [1.29, 1.82) is 0 Å². The monoisotopic (exact) mass is 410 g/mol. The van der Waals surface area contributed by atoms with E-state index in [-0.39, 0.29) is 6.54 Å². The van der Waals surface area contributed by atoms with Crippen LogP contribution in [0.25, 0.3) is 11.5 Å². The van der Waals surface area contributed by atoms with Crippen molar-refractivity contribution in [3.05, 3.63) is 59.7 Å². The number of aryl methyl sites for hydroxylation is 2. The molecule has 0 spiro atoms. The highest BCUT2D eigenvalue weighted by Gasteiger charge is 2.24. The third kappa shape index (κ3) is 5.70. The van der Waals surface area contributed by atoms with Gasteiger partial charge in [-0.25, -0.2) is 9.98 Å². The van der Waals surface area contributed by atoms with E-state index in [4.69, 9.17) is 4.42 Å². The molecule has 0 bridgehead atoms. The summed E-state index contributed by atoms with van der Waals surface area (Å²) in [5.41, 5.74) is 2.68. The van der Waals surface area contributed by atoms with E-state index in [0.717, 1.165) is 23.4 Å². The molecule has 0 saturated heterocycles. The molecule has 2 heterocycles. The average Bonchev–Trinajstić information content (AvgIpc) is 3.36. The molecule has 3 aromatic rings. The van der Waals surface area contributed by atoms with Crippen LogP contribution in [0.4, 0.5) is 0 Å². The first kappa shape index (κ1) is 21.6. The van der Waals surface area contributed by atoms with E-state index < -0.39 is 5.60 Å². The summed E-state index contributed by atoms with van der Waals surface area (Å²) in [6.07, 6.45) is 5.84. The summed E-state index contributed by atoms with van der Waals surface area (Å²) in [6.45, 7) is 7.37. The molecule has 1 unspecified atom stereocenters. The number of aromatic nitrogens is 3. The second kappa shape index (κ2) is 9.58. The van der Waals surface area contributed by atoms with Crippen molar-refractivity contribution in [2.45, 2.75) is 32.8 Å². The molecular weight excluding hydrogens is 380 g/mol. The molecule has 1 aromatic carbocycles. The Bertz CT molecular complexity index is 972. The highest BCUT2D eigenvalue weighted by molar-refractivity contribution is 5.79. The Morgan fingerprint density at radius 3 is 2.70 bits per heavy atom. The standard InChI is InChI=1S/C22H30N6O2/c1-5-23-21(25-15-22(3,29)18-12-26-28(4)13-18)24-11-10-19-14-30-20(27-19)17-8-6-16(2)7-9-17/h6-9,12-14,29H,5,10-11,15H2,1-4H3,(H2,23,24,25). The maximum atomic E-state index is 10.7. The van der Waals surface area contributed by atoms with E-state index in [1.807, 2.05) is 38.2 Å². The molecule has 0 radical (unpaired) electrons. The normalized spacial score (nSPS) is 13.8. The highest BCUT2D eigenvalue weighted by atomic mass is 16.3. The van der Waals surface area contributed by atoms with Gasteiger partial charge in [-0.3, -0.25) is 4.68 Å².